The van der Waals surface area contributed by atoms with Gasteiger partial charge in [-0.15, -0.1) is 11.8 Å². The summed E-state index contributed by atoms with van der Waals surface area (Å²) in [5, 5.41) is 10.4. The Hall–Kier alpha value is -3.06. The summed E-state index contributed by atoms with van der Waals surface area (Å²) in [6, 6.07) is 14.4. The first-order valence-electron chi connectivity index (χ1n) is 8.41. The number of thioether (sulfide) groups is 1. The van der Waals surface area contributed by atoms with Crippen molar-refractivity contribution >= 4 is 11.8 Å². The van der Waals surface area contributed by atoms with E-state index in [1.54, 1.807) is 12.1 Å². The maximum atomic E-state index is 12.5. The van der Waals surface area contributed by atoms with Crippen molar-refractivity contribution < 1.29 is 23.7 Å². The fourth-order valence-corrected chi connectivity index (χ4v) is 3.57. The summed E-state index contributed by atoms with van der Waals surface area (Å²) < 4.78 is 21.4. The Labute approximate surface area is 166 Å². The van der Waals surface area contributed by atoms with Crippen LogP contribution in [0.15, 0.2) is 62.6 Å². The van der Waals surface area contributed by atoms with Crippen LogP contribution in [0.3, 0.4) is 0 Å². The van der Waals surface area contributed by atoms with Gasteiger partial charge < -0.3 is 23.7 Å². The van der Waals surface area contributed by atoms with Gasteiger partial charge in [0.2, 0.25) is 5.75 Å². The van der Waals surface area contributed by atoms with Crippen LogP contribution in [0.25, 0.3) is 11.3 Å². The van der Waals surface area contributed by atoms with Gasteiger partial charge in [0.1, 0.15) is 16.4 Å². The zero-order valence-electron chi connectivity index (χ0n) is 15.7. The number of hydrogen-bond acceptors (Lipinski definition) is 7. The van der Waals surface area contributed by atoms with Gasteiger partial charge in [-0.25, -0.2) is 4.79 Å². The average molecular weight is 400 g/mol. The zero-order chi connectivity index (χ0) is 20.1. The fraction of sp³-hybridized carbons (Fsp3) is 0.190. The predicted octanol–water partition coefficient (Wildman–Crippen LogP) is 4.33. The van der Waals surface area contributed by atoms with E-state index in [-0.39, 0.29) is 16.4 Å². The molecule has 7 heteroatoms. The van der Waals surface area contributed by atoms with E-state index in [9.17, 15) is 9.90 Å². The molecule has 2 aromatic carbocycles. The molecule has 146 valence electrons. The summed E-state index contributed by atoms with van der Waals surface area (Å²) in [5.74, 6) is 1.87. The van der Waals surface area contributed by atoms with Crippen LogP contribution < -0.4 is 19.8 Å². The van der Waals surface area contributed by atoms with Crippen LogP contribution in [0.2, 0.25) is 0 Å². The Kier molecular flexibility index (Phi) is 6.16. The molecule has 0 aliphatic rings. The summed E-state index contributed by atoms with van der Waals surface area (Å²) in [4.78, 5) is 12.6. The van der Waals surface area contributed by atoms with Gasteiger partial charge in [-0.3, -0.25) is 0 Å². The first kappa shape index (κ1) is 19.7. The molecule has 28 heavy (non-hydrogen) atoms. The molecule has 0 aliphatic heterocycles. The van der Waals surface area contributed by atoms with E-state index >= 15 is 0 Å². The second kappa shape index (κ2) is 8.75. The van der Waals surface area contributed by atoms with Crippen LogP contribution >= 0.6 is 11.8 Å². The van der Waals surface area contributed by atoms with E-state index in [2.05, 4.69) is 0 Å². The van der Waals surface area contributed by atoms with Gasteiger partial charge in [-0.05, 0) is 17.7 Å². The lowest BCUT2D eigenvalue weighted by atomic mass is 10.1. The van der Waals surface area contributed by atoms with Crippen LogP contribution in [-0.2, 0) is 5.75 Å². The first-order valence-corrected chi connectivity index (χ1v) is 9.40. The number of rotatable bonds is 7. The van der Waals surface area contributed by atoms with Crippen molar-refractivity contribution in [2.24, 2.45) is 0 Å². The number of methoxy groups -OCH3 is 3. The lowest BCUT2D eigenvalue weighted by Gasteiger charge is -2.14. The third-order valence-electron chi connectivity index (χ3n) is 4.06. The Morgan fingerprint density at radius 2 is 1.61 bits per heavy atom. The Morgan fingerprint density at radius 3 is 2.14 bits per heavy atom. The van der Waals surface area contributed by atoms with Gasteiger partial charge in [0.25, 0.3) is 0 Å². The molecule has 0 aliphatic carbocycles. The van der Waals surface area contributed by atoms with Gasteiger partial charge in [0, 0.05) is 17.4 Å². The number of hydrogen-bond donors (Lipinski definition) is 1. The highest BCUT2D eigenvalue weighted by molar-refractivity contribution is 7.98. The molecule has 0 saturated heterocycles. The van der Waals surface area contributed by atoms with Gasteiger partial charge >= 0.3 is 5.63 Å². The average Bonchev–Trinajstić information content (AvgIpc) is 2.72. The van der Waals surface area contributed by atoms with Gasteiger partial charge in [-0.2, -0.15) is 0 Å². The molecule has 0 radical (unpaired) electrons. The summed E-state index contributed by atoms with van der Waals surface area (Å²) >= 11 is 1.23. The third-order valence-corrected chi connectivity index (χ3v) is 5.21. The monoisotopic (exact) mass is 400 g/mol. The zero-order valence-corrected chi connectivity index (χ0v) is 16.5. The summed E-state index contributed by atoms with van der Waals surface area (Å²) in [6.45, 7) is 0. The van der Waals surface area contributed by atoms with Crippen molar-refractivity contribution in [3.63, 3.8) is 0 Å². The molecule has 1 N–H and O–H groups in total. The molecule has 0 fully saturated rings. The van der Waals surface area contributed by atoms with Crippen LogP contribution in [0.5, 0.6) is 23.0 Å². The molecule has 0 bridgehead atoms. The Morgan fingerprint density at radius 1 is 0.964 bits per heavy atom. The highest BCUT2D eigenvalue weighted by Crippen LogP contribution is 2.42. The van der Waals surface area contributed by atoms with Crippen LogP contribution in [0.1, 0.15) is 5.56 Å². The molecular weight excluding hydrogens is 380 g/mol. The van der Waals surface area contributed by atoms with Crippen molar-refractivity contribution in [3.05, 3.63) is 64.5 Å². The largest absolute Gasteiger partial charge is 0.506 e. The molecule has 0 saturated carbocycles. The van der Waals surface area contributed by atoms with E-state index in [0.717, 1.165) is 5.56 Å². The maximum Gasteiger partial charge on any atom is 0.353 e. The lowest BCUT2D eigenvalue weighted by molar-refractivity contribution is 0.324. The first-order chi connectivity index (χ1) is 13.6. The van der Waals surface area contributed by atoms with Crippen LogP contribution in [0, 0.1) is 0 Å². The lowest BCUT2D eigenvalue weighted by Crippen LogP contribution is -2.03. The van der Waals surface area contributed by atoms with E-state index in [1.807, 2.05) is 30.3 Å². The van der Waals surface area contributed by atoms with Gasteiger partial charge in [0.05, 0.1) is 21.3 Å². The molecule has 1 aromatic heterocycles. The fourth-order valence-electron chi connectivity index (χ4n) is 2.70. The summed E-state index contributed by atoms with van der Waals surface area (Å²) in [6.07, 6.45) is 0. The molecule has 6 nitrogen and oxygen atoms in total. The highest BCUT2D eigenvalue weighted by Gasteiger charge is 2.18. The molecule has 1 heterocycles. The number of benzene rings is 2. The predicted molar refractivity (Wildman–Crippen MR) is 108 cm³/mol. The molecule has 3 aromatic rings. The topological polar surface area (TPSA) is 78.1 Å². The molecule has 0 spiro atoms. The Bertz CT molecular complexity index is 988. The van der Waals surface area contributed by atoms with Crippen molar-refractivity contribution in [1.82, 2.24) is 0 Å². The smallest absolute Gasteiger partial charge is 0.353 e. The minimum absolute atomic E-state index is 0.138. The summed E-state index contributed by atoms with van der Waals surface area (Å²) in [7, 11) is 4.50. The molecule has 3 rings (SSSR count). The SMILES string of the molecule is COc1cc(-c2cc(O)c(SCc3ccccc3)c(=O)o2)cc(OC)c1OC. The second-order valence-electron chi connectivity index (χ2n) is 5.80. The third kappa shape index (κ3) is 4.09. The van der Waals surface area contributed by atoms with E-state index in [4.69, 9.17) is 18.6 Å². The number of ether oxygens (including phenoxy) is 3. The van der Waals surface area contributed by atoms with E-state index in [1.165, 1.54) is 39.2 Å². The molecule has 0 atom stereocenters. The minimum atomic E-state index is -0.607. The van der Waals surface area contributed by atoms with Gasteiger partial charge in [-0.1, -0.05) is 30.3 Å². The quantitative estimate of drug-likeness (QED) is 0.592. The Balaban J connectivity index is 1.95. The molecular formula is C21H20O6S. The maximum absolute atomic E-state index is 12.5. The van der Waals surface area contributed by atoms with Crippen LogP contribution in [0.4, 0.5) is 0 Å². The molecule has 0 unspecified atom stereocenters. The van der Waals surface area contributed by atoms with Gasteiger partial charge in [0.15, 0.2) is 11.5 Å². The standard InChI is InChI=1S/C21H20O6S/c1-24-17-9-14(10-18(25-2)19(17)26-3)16-11-15(22)20(21(23)27-16)28-12-13-7-5-4-6-8-13/h4-11,22H,12H2,1-3H3. The highest BCUT2D eigenvalue weighted by atomic mass is 32.2. The number of aromatic hydroxyl groups is 1. The second-order valence-corrected chi connectivity index (χ2v) is 6.79. The summed E-state index contributed by atoms with van der Waals surface area (Å²) in [5.41, 5.74) is 0.950. The van der Waals surface area contributed by atoms with E-state index in [0.29, 0.717) is 28.6 Å². The minimum Gasteiger partial charge on any atom is -0.506 e. The normalized spacial score (nSPS) is 10.5. The van der Waals surface area contributed by atoms with Crippen LogP contribution in [-0.4, -0.2) is 26.4 Å². The van der Waals surface area contributed by atoms with Crippen molar-refractivity contribution in [3.8, 4) is 34.3 Å². The van der Waals surface area contributed by atoms with E-state index < -0.39 is 5.63 Å². The van der Waals surface area contributed by atoms with Crippen molar-refractivity contribution in [2.75, 3.05) is 21.3 Å². The molecule has 0 amide bonds. The van der Waals surface area contributed by atoms with Crippen molar-refractivity contribution in [1.29, 1.82) is 0 Å². The van der Waals surface area contributed by atoms with Crippen molar-refractivity contribution in [2.45, 2.75) is 10.6 Å².